The summed E-state index contributed by atoms with van der Waals surface area (Å²) < 4.78 is 0. The number of halogens is 1. The molecular formula is C21H22ClN3O3. The Balaban J connectivity index is 1.80. The fraction of sp³-hybridized carbons (Fsp3) is 0.286. The Morgan fingerprint density at radius 1 is 1.14 bits per heavy atom. The molecular weight excluding hydrogens is 378 g/mol. The van der Waals surface area contributed by atoms with Crippen LogP contribution in [0.15, 0.2) is 42.5 Å². The first-order chi connectivity index (χ1) is 13.2. The molecule has 2 aromatic carbocycles. The first kappa shape index (κ1) is 19.9. The number of carbonyl (C=O) groups excluding carboxylic acids is 3. The van der Waals surface area contributed by atoms with Crippen LogP contribution in [0.2, 0.25) is 5.02 Å². The summed E-state index contributed by atoms with van der Waals surface area (Å²) in [5, 5.41) is 5.97. The summed E-state index contributed by atoms with van der Waals surface area (Å²) >= 11 is 6.06. The number of imide groups is 1. The van der Waals surface area contributed by atoms with Gasteiger partial charge in [-0.3, -0.25) is 14.5 Å². The summed E-state index contributed by atoms with van der Waals surface area (Å²) in [4.78, 5) is 39.0. The summed E-state index contributed by atoms with van der Waals surface area (Å²) in [6.07, 6.45) is 0.340. The van der Waals surface area contributed by atoms with E-state index in [1.54, 1.807) is 31.2 Å². The zero-order valence-corrected chi connectivity index (χ0v) is 16.8. The predicted octanol–water partition coefficient (Wildman–Crippen LogP) is 3.75. The first-order valence-corrected chi connectivity index (χ1v) is 9.41. The van der Waals surface area contributed by atoms with Crippen molar-refractivity contribution in [2.24, 2.45) is 0 Å². The summed E-state index contributed by atoms with van der Waals surface area (Å²) in [5.74, 6) is -0.899. The fourth-order valence-corrected chi connectivity index (χ4v) is 3.74. The minimum atomic E-state index is -1.22. The van der Waals surface area contributed by atoms with E-state index in [0.29, 0.717) is 22.7 Å². The number of benzene rings is 2. The zero-order chi connectivity index (χ0) is 20.5. The highest BCUT2D eigenvalue weighted by molar-refractivity contribution is 6.30. The van der Waals surface area contributed by atoms with Crippen molar-refractivity contribution in [2.45, 2.75) is 32.7 Å². The van der Waals surface area contributed by atoms with Gasteiger partial charge in [0.25, 0.3) is 5.91 Å². The molecule has 146 valence electrons. The maximum absolute atomic E-state index is 13.1. The quantitative estimate of drug-likeness (QED) is 0.751. The van der Waals surface area contributed by atoms with Crippen LogP contribution in [-0.4, -0.2) is 29.3 Å². The molecule has 1 heterocycles. The van der Waals surface area contributed by atoms with Gasteiger partial charge in [-0.25, -0.2) is 4.79 Å². The third kappa shape index (κ3) is 3.73. The lowest BCUT2D eigenvalue weighted by molar-refractivity contribution is -0.134. The number of nitrogens with one attached hydrogen (secondary N) is 2. The maximum atomic E-state index is 13.1. The Morgan fingerprint density at radius 3 is 2.43 bits per heavy atom. The van der Waals surface area contributed by atoms with E-state index in [-0.39, 0.29) is 6.54 Å². The molecule has 0 radical (unpaired) electrons. The average molecular weight is 400 g/mol. The van der Waals surface area contributed by atoms with Crippen LogP contribution < -0.4 is 10.6 Å². The summed E-state index contributed by atoms with van der Waals surface area (Å²) in [6.45, 7) is 5.31. The van der Waals surface area contributed by atoms with E-state index in [9.17, 15) is 14.4 Å². The molecule has 0 aromatic heterocycles. The van der Waals surface area contributed by atoms with E-state index in [1.165, 1.54) is 0 Å². The zero-order valence-electron chi connectivity index (χ0n) is 16.0. The molecule has 0 spiro atoms. The van der Waals surface area contributed by atoms with E-state index >= 15 is 0 Å². The Kier molecular flexibility index (Phi) is 5.42. The molecule has 1 atom stereocenters. The number of urea groups is 1. The van der Waals surface area contributed by atoms with Crippen molar-refractivity contribution in [3.05, 3.63) is 64.2 Å². The van der Waals surface area contributed by atoms with Crippen LogP contribution in [0, 0.1) is 13.8 Å². The fourth-order valence-electron chi connectivity index (χ4n) is 3.55. The highest BCUT2D eigenvalue weighted by Crippen LogP contribution is 2.33. The van der Waals surface area contributed by atoms with Gasteiger partial charge in [0.2, 0.25) is 5.91 Å². The van der Waals surface area contributed by atoms with Crippen molar-refractivity contribution in [1.29, 1.82) is 0 Å². The largest absolute Gasteiger partial charge is 0.325 e. The Labute approximate surface area is 168 Å². The van der Waals surface area contributed by atoms with Crippen LogP contribution in [0.3, 0.4) is 0 Å². The summed E-state index contributed by atoms with van der Waals surface area (Å²) in [6, 6.07) is 11.9. The van der Waals surface area contributed by atoms with Crippen molar-refractivity contribution >= 4 is 35.1 Å². The predicted molar refractivity (Wildman–Crippen MR) is 108 cm³/mol. The van der Waals surface area contributed by atoms with Crippen LogP contribution in [0.1, 0.15) is 30.0 Å². The lowest BCUT2D eigenvalue weighted by atomic mass is 9.87. The molecule has 2 aromatic rings. The standard InChI is InChI=1S/C21H22ClN3O3/c1-4-21(15-6-5-7-16(22)11-15)19(27)25(20(28)24-21)12-18(26)23-17-9-13(2)8-14(3)10-17/h5-11H,4,12H2,1-3H3,(H,23,26)(H,24,28). The van der Waals surface area contributed by atoms with Gasteiger partial charge < -0.3 is 10.6 Å². The number of anilines is 1. The SMILES string of the molecule is CCC1(c2cccc(Cl)c2)NC(=O)N(CC(=O)Nc2cc(C)cc(C)c2)C1=O. The van der Waals surface area contributed by atoms with E-state index in [0.717, 1.165) is 16.0 Å². The topological polar surface area (TPSA) is 78.5 Å². The lowest BCUT2D eigenvalue weighted by Crippen LogP contribution is -2.44. The average Bonchev–Trinajstić information content (AvgIpc) is 2.86. The van der Waals surface area contributed by atoms with Crippen molar-refractivity contribution in [1.82, 2.24) is 10.2 Å². The molecule has 1 unspecified atom stereocenters. The number of amides is 4. The van der Waals surface area contributed by atoms with Crippen LogP contribution in [-0.2, 0) is 15.1 Å². The van der Waals surface area contributed by atoms with E-state index < -0.39 is 23.4 Å². The highest BCUT2D eigenvalue weighted by Gasteiger charge is 2.51. The normalized spacial score (nSPS) is 18.9. The van der Waals surface area contributed by atoms with Gasteiger partial charge >= 0.3 is 6.03 Å². The third-order valence-corrected chi connectivity index (χ3v) is 5.07. The third-order valence-electron chi connectivity index (χ3n) is 4.83. The van der Waals surface area contributed by atoms with Crippen molar-refractivity contribution in [2.75, 3.05) is 11.9 Å². The number of hydrogen-bond donors (Lipinski definition) is 2. The van der Waals surface area contributed by atoms with Gasteiger partial charge in [0, 0.05) is 10.7 Å². The molecule has 28 heavy (non-hydrogen) atoms. The molecule has 1 aliphatic heterocycles. The second kappa shape index (κ2) is 7.64. The molecule has 3 rings (SSSR count). The Bertz CT molecular complexity index is 939. The molecule has 6 nitrogen and oxygen atoms in total. The van der Waals surface area contributed by atoms with Gasteiger partial charge in [0.05, 0.1) is 0 Å². The van der Waals surface area contributed by atoms with Crippen LogP contribution >= 0.6 is 11.6 Å². The second-order valence-electron chi connectivity index (χ2n) is 7.02. The molecule has 7 heteroatoms. The van der Waals surface area contributed by atoms with Gasteiger partial charge in [0.15, 0.2) is 0 Å². The summed E-state index contributed by atoms with van der Waals surface area (Å²) in [5.41, 5.74) is 2.03. The number of aryl methyl sites for hydroxylation is 2. The smallest absolute Gasteiger partial charge is 0.325 e. The lowest BCUT2D eigenvalue weighted by Gasteiger charge is -2.26. The molecule has 1 saturated heterocycles. The number of rotatable bonds is 5. The first-order valence-electron chi connectivity index (χ1n) is 9.03. The van der Waals surface area contributed by atoms with Gasteiger partial charge in [-0.05, 0) is 61.2 Å². The van der Waals surface area contributed by atoms with Gasteiger partial charge in [-0.2, -0.15) is 0 Å². The van der Waals surface area contributed by atoms with Crippen molar-refractivity contribution < 1.29 is 14.4 Å². The monoisotopic (exact) mass is 399 g/mol. The van der Waals surface area contributed by atoms with Crippen LogP contribution in [0.5, 0.6) is 0 Å². The van der Waals surface area contributed by atoms with Crippen molar-refractivity contribution in [3.8, 4) is 0 Å². The molecule has 2 N–H and O–H groups in total. The highest BCUT2D eigenvalue weighted by atomic mass is 35.5. The van der Waals surface area contributed by atoms with E-state index in [4.69, 9.17) is 11.6 Å². The van der Waals surface area contributed by atoms with Gasteiger partial charge in [-0.1, -0.05) is 36.7 Å². The molecule has 0 bridgehead atoms. The van der Waals surface area contributed by atoms with Crippen molar-refractivity contribution in [3.63, 3.8) is 0 Å². The van der Waals surface area contributed by atoms with Gasteiger partial charge in [-0.15, -0.1) is 0 Å². The minimum absolute atomic E-state index is 0.340. The molecule has 1 aliphatic rings. The summed E-state index contributed by atoms with van der Waals surface area (Å²) in [7, 11) is 0. The van der Waals surface area contributed by atoms with E-state index in [1.807, 2.05) is 32.0 Å². The molecule has 0 aliphatic carbocycles. The molecule has 4 amide bonds. The second-order valence-corrected chi connectivity index (χ2v) is 7.45. The minimum Gasteiger partial charge on any atom is -0.325 e. The Hall–Kier alpha value is -2.86. The van der Waals surface area contributed by atoms with Crippen LogP contribution in [0.25, 0.3) is 0 Å². The number of nitrogens with zero attached hydrogens (tertiary/aromatic N) is 1. The number of carbonyl (C=O) groups is 3. The Morgan fingerprint density at radius 2 is 1.82 bits per heavy atom. The number of hydrogen-bond acceptors (Lipinski definition) is 3. The molecule has 1 fully saturated rings. The molecule has 0 saturated carbocycles. The van der Waals surface area contributed by atoms with Crippen LogP contribution in [0.4, 0.5) is 10.5 Å². The van der Waals surface area contributed by atoms with E-state index in [2.05, 4.69) is 10.6 Å². The maximum Gasteiger partial charge on any atom is 0.325 e. The van der Waals surface area contributed by atoms with Gasteiger partial charge in [0.1, 0.15) is 12.1 Å².